The second-order valence-electron chi connectivity index (χ2n) is 8.43. The summed E-state index contributed by atoms with van der Waals surface area (Å²) in [6, 6.07) is 16.7. The molecular formula is C25H33N3O3. The van der Waals surface area contributed by atoms with Gasteiger partial charge in [0.2, 0.25) is 11.8 Å². The molecule has 0 aromatic heterocycles. The van der Waals surface area contributed by atoms with Gasteiger partial charge in [-0.3, -0.25) is 9.59 Å². The fraction of sp³-hybridized carbons (Fsp3) is 0.440. The molecule has 31 heavy (non-hydrogen) atoms. The molecule has 6 heteroatoms. The van der Waals surface area contributed by atoms with Crippen molar-refractivity contribution in [2.75, 3.05) is 31.2 Å². The third kappa shape index (κ3) is 6.56. The first-order valence-electron chi connectivity index (χ1n) is 11.0. The van der Waals surface area contributed by atoms with Gasteiger partial charge in [-0.2, -0.15) is 0 Å². The standard InChI is InChI=1S/C25H33N3O3/c1-18(2)17-23(29)27-24(21-7-5-4-6-8-21)25(30)26-19(3)20-9-11-22(12-10-20)28-13-15-31-16-14-28/h4-12,18-19,24H,13-17H2,1-3H3,(H,26,30)(H,27,29). The fourth-order valence-electron chi connectivity index (χ4n) is 3.71. The number of rotatable bonds is 8. The van der Waals surface area contributed by atoms with Crippen LogP contribution in [-0.2, 0) is 14.3 Å². The SMILES string of the molecule is CC(C)CC(=O)NC(C(=O)NC(C)c1ccc(N2CCOCC2)cc1)c1ccccc1. The molecule has 0 saturated carbocycles. The summed E-state index contributed by atoms with van der Waals surface area (Å²) in [6.07, 6.45) is 0.384. The van der Waals surface area contributed by atoms with Crippen LogP contribution in [0.2, 0.25) is 0 Å². The van der Waals surface area contributed by atoms with Crippen molar-refractivity contribution in [2.24, 2.45) is 5.92 Å². The Morgan fingerprint density at radius 3 is 2.16 bits per heavy atom. The molecule has 2 aromatic rings. The normalized spacial score (nSPS) is 15.9. The largest absolute Gasteiger partial charge is 0.378 e. The number of hydrogen-bond acceptors (Lipinski definition) is 4. The number of amides is 2. The maximum atomic E-state index is 13.1. The lowest BCUT2D eigenvalue weighted by molar-refractivity contribution is -0.130. The molecule has 166 valence electrons. The van der Waals surface area contributed by atoms with Gasteiger partial charge in [0.15, 0.2) is 0 Å². The first kappa shape index (κ1) is 22.8. The van der Waals surface area contributed by atoms with Crippen LogP contribution in [0, 0.1) is 5.92 Å². The summed E-state index contributed by atoms with van der Waals surface area (Å²) >= 11 is 0. The molecule has 3 rings (SSSR count). The van der Waals surface area contributed by atoms with Crippen molar-refractivity contribution in [3.05, 3.63) is 65.7 Å². The van der Waals surface area contributed by atoms with E-state index >= 15 is 0 Å². The van der Waals surface area contributed by atoms with Crippen LogP contribution in [0.4, 0.5) is 5.69 Å². The summed E-state index contributed by atoms with van der Waals surface area (Å²) in [5, 5.41) is 5.97. The van der Waals surface area contributed by atoms with Crippen molar-refractivity contribution >= 4 is 17.5 Å². The topological polar surface area (TPSA) is 70.7 Å². The molecule has 2 N–H and O–H groups in total. The molecule has 1 fully saturated rings. The molecule has 0 radical (unpaired) electrons. The van der Waals surface area contributed by atoms with Crippen molar-refractivity contribution < 1.29 is 14.3 Å². The van der Waals surface area contributed by atoms with Crippen molar-refractivity contribution in [3.63, 3.8) is 0 Å². The lowest BCUT2D eigenvalue weighted by Gasteiger charge is -2.29. The van der Waals surface area contributed by atoms with Gasteiger partial charge in [-0.1, -0.05) is 56.3 Å². The van der Waals surface area contributed by atoms with E-state index in [1.165, 1.54) is 0 Å². The zero-order valence-electron chi connectivity index (χ0n) is 18.6. The number of ether oxygens (including phenoxy) is 1. The van der Waals surface area contributed by atoms with Crippen LogP contribution in [0.3, 0.4) is 0 Å². The van der Waals surface area contributed by atoms with Crippen molar-refractivity contribution in [1.82, 2.24) is 10.6 Å². The number of nitrogens with one attached hydrogen (secondary N) is 2. The zero-order chi connectivity index (χ0) is 22.2. The van der Waals surface area contributed by atoms with Gasteiger partial charge in [0.1, 0.15) is 6.04 Å². The van der Waals surface area contributed by atoms with Crippen LogP contribution >= 0.6 is 0 Å². The molecule has 1 saturated heterocycles. The summed E-state index contributed by atoms with van der Waals surface area (Å²) in [5.41, 5.74) is 2.95. The third-order valence-corrected chi connectivity index (χ3v) is 5.42. The number of nitrogens with zero attached hydrogens (tertiary/aromatic N) is 1. The molecule has 2 aromatic carbocycles. The molecule has 0 aliphatic carbocycles. The Morgan fingerprint density at radius 2 is 1.55 bits per heavy atom. The molecule has 1 heterocycles. The summed E-state index contributed by atoms with van der Waals surface area (Å²) in [5.74, 6) is -0.113. The van der Waals surface area contributed by atoms with Crippen LogP contribution < -0.4 is 15.5 Å². The summed E-state index contributed by atoms with van der Waals surface area (Å²) in [4.78, 5) is 27.8. The van der Waals surface area contributed by atoms with E-state index in [4.69, 9.17) is 4.74 Å². The minimum Gasteiger partial charge on any atom is -0.378 e. The number of benzene rings is 2. The van der Waals surface area contributed by atoms with E-state index in [1.54, 1.807) is 0 Å². The Morgan fingerprint density at radius 1 is 0.903 bits per heavy atom. The molecule has 0 bridgehead atoms. The van der Waals surface area contributed by atoms with E-state index in [-0.39, 0.29) is 23.8 Å². The highest BCUT2D eigenvalue weighted by Gasteiger charge is 2.24. The van der Waals surface area contributed by atoms with E-state index in [2.05, 4.69) is 27.7 Å². The number of carbonyl (C=O) groups excluding carboxylic acids is 2. The number of carbonyl (C=O) groups is 2. The smallest absolute Gasteiger partial charge is 0.247 e. The van der Waals surface area contributed by atoms with E-state index in [0.29, 0.717) is 6.42 Å². The quantitative estimate of drug-likeness (QED) is 0.681. The fourth-order valence-corrected chi connectivity index (χ4v) is 3.71. The first-order chi connectivity index (χ1) is 14.9. The van der Waals surface area contributed by atoms with Gasteiger partial charge in [-0.15, -0.1) is 0 Å². The predicted molar refractivity (Wildman–Crippen MR) is 123 cm³/mol. The maximum absolute atomic E-state index is 13.1. The van der Waals surface area contributed by atoms with Gasteiger partial charge >= 0.3 is 0 Å². The molecule has 2 atom stereocenters. The van der Waals surface area contributed by atoms with Gasteiger partial charge < -0.3 is 20.3 Å². The summed E-state index contributed by atoms with van der Waals surface area (Å²) < 4.78 is 5.42. The highest BCUT2D eigenvalue weighted by Crippen LogP contribution is 2.21. The number of morpholine rings is 1. The Balaban J connectivity index is 1.67. The van der Waals surface area contributed by atoms with Gasteiger partial charge in [0.05, 0.1) is 19.3 Å². The van der Waals surface area contributed by atoms with Gasteiger partial charge in [-0.25, -0.2) is 0 Å². The second-order valence-corrected chi connectivity index (χ2v) is 8.43. The predicted octanol–water partition coefficient (Wildman–Crippen LogP) is 3.60. The van der Waals surface area contributed by atoms with Gasteiger partial charge in [-0.05, 0) is 36.1 Å². The van der Waals surface area contributed by atoms with E-state index in [9.17, 15) is 9.59 Å². The van der Waals surface area contributed by atoms with Crippen LogP contribution in [0.25, 0.3) is 0 Å². The average Bonchev–Trinajstić information content (AvgIpc) is 2.78. The third-order valence-electron chi connectivity index (χ3n) is 5.42. The minimum absolute atomic E-state index is 0.124. The number of hydrogen-bond donors (Lipinski definition) is 2. The van der Waals surface area contributed by atoms with E-state index in [0.717, 1.165) is 43.1 Å². The first-order valence-corrected chi connectivity index (χ1v) is 11.0. The number of anilines is 1. The molecule has 0 spiro atoms. The average molecular weight is 424 g/mol. The Bertz CT molecular complexity index is 846. The Kier molecular flexibility index (Phi) is 8.06. The molecule has 1 aliphatic heterocycles. The van der Waals surface area contributed by atoms with Crippen LogP contribution in [0.5, 0.6) is 0 Å². The van der Waals surface area contributed by atoms with Crippen molar-refractivity contribution in [2.45, 2.75) is 39.3 Å². The zero-order valence-corrected chi connectivity index (χ0v) is 18.6. The van der Waals surface area contributed by atoms with Gasteiger partial charge in [0.25, 0.3) is 0 Å². The van der Waals surface area contributed by atoms with Crippen LogP contribution in [0.15, 0.2) is 54.6 Å². The lowest BCUT2D eigenvalue weighted by atomic mass is 10.0. The monoisotopic (exact) mass is 423 g/mol. The Hall–Kier alpha value is -2.86. The van der Waals surface area contributed by atoms with Crippen LogP contribution in [0.1, 0.15) is 50.4 Å². The molecule has 2 unspecified atom stereocenters. The lowest BCUT2D eigenvalue weighted by Crippen LogP contribution is -2.41. The Labute approximate surface area is 185 Å². The van der Waals surface area contributed by atoms with Crippen molar-refractivity contribution in [1.29, 1.82) is 0 Å². The maximum Gasteiger partial charge on any atom is 0.247 e. The summed E-state index contributed by atoms with van der Waals surface area (Å²) in [6.45, 7) is 9.20. The molecular weight excluding hydrogens is 390 g/mol. The second kappa shape index (κ2) is 11.0. The van der Waals surface area contributed by atoms with Crippen molar-refractivity contribution in [3.8, 4) is 0 Å². The van der Waals surface area contributed by atoms with E-state index < -0.39 is 6.04 Å². The highest BCUT2D eigenvalue weighted by atomic mass is 16.5. The molecule has 2 amide bonds. The van der Waals surface area contributed by atoms with E-state index in [1.807, 2.05) is 63.2 Å². The molecule has 6 nitrogen and oxygen atoms in total. The highest BCUT2D eigenvalue weighted by molar-refractivity contribution is 5.89. The minimum atomic E-state index is -0.720. The van der Waals surface area contributed by atoms with Crippen LogP contribution in [-0.4, -0.2) is 38.1 Å². The van der Waals surface area contributed by atoms with Gasteiger partial charge in [0, 0.05) is 25.2 Å². The summed E-state index contributed by atoms with van der Waals surface area (Å²) in [7, 11) is 0. The molecule has 1 aliphatic rings.